The Hall–Kier alpha value is -3.67. The molecule has 1 aliphatic heterocycles. The molecule has 152 valence electrons. The minimum Gasteiger partial charge on any atom is -0.352 e. The van der Waals surface area contributed by atoms with Gasteiger partial charge in [-0.05, 0) is 42.8 Å². The summed E-state index contributed by atoms with van der Waals surface area (Å²) >= 11 is 0. The number of aryl methyl sites for hydroxylation is 1. The highest BCUT2D eigenvalue weighted by Gasteiger charge is 2.20. The van der Waals surface area contributed by atoms with Crippen molar-refractivity contribution in [3.63, 3.8) is 0 Å². The first-order chi connectivity index (χ1) is 14.7. The molecule has 30 heavy (non-hydrogen) atoms. The highest BCUT2D eigenvalue weighted by atomic mass is 16.2. The molecule has 3 aromatic rings. The smallest absolute Gasteiger partial charge is 0.246 e. The predicted molar refractivity (Wildman–Crippen MR) is 121 cm³/mol. The lowest BCUT2D eigenvalue weighted by Crippen LogP contribution is -2.48. The molecule has 0 atom stereocenters. The van der Waals surface area contributed by atoms with E-state index in [0.717, 1.165) is 30.2 Å². The van der Waals surface area contributed by atoms with Gasteiger partial charge in [-0.3, -0.25) is 4.79 Å². The molecule has 0 saturated carbocycles. The Labute approximate surface area is 176 Å². The second-order valence-corrected chi connectivity index (χ2v) is 7.32. The molecule has 0 unspecified atom stereocenters. The molecule has 1 aliphatic rings. The maximum absolute atomic E-state index is 12.4. The Morgan fingerprint density at radius 3 is 2.30 bits per heavy atom. The number of aromatic nitrogens is 2. The molecule has 0 bridgehead atoms. The van der Waals surface area contributed by atoms with E-state index < -0.39 is 0 Å². The van der Waals surface area contributed by atoms with Crippen molar-refractivity contribution in [1.29, 1.82) is 0 Å². The Balaban J connectivity index is 1.30. The summed E-state index contributed by atoms with van der Waals surface area (Å²) in [6.07, 6.45) is 3.51. The van der Waals surface area contributed by atoms with Gasteiger partial charge in [0.25, 0.3) is 0 Å². The number of piperazine rings is 1. The van der Waals surface area contributed by atoms with Gasteiger partial charge in [0.2, 0.25) is 5.91 Å². The number of rotatable bonds is 5. The number of carbonyl (C=O) groups excluding carboxylic acids is 1. The molecule has 1 saturated heterocycles. The van der Waals surface area contributed by atoms with Crippen molar-refractivity contribution in [2.45, 2.75) is 6.92 Å². The van der Waals surface area contributed by atoms with Crippen molar-refractivity contribution in [2.75, 3.05) is 36.4 Å². The SMILES string of the molecule is Cc1ccc(Nc2ccc(N3CCN(C(=O)/C=C/c4ccccc4)CC3)nn2)cc1. The number of benzene rings is 2. The minimum absolute atomic E-state index is 0.0437. The van der Waals surface area contributed by atoms with E-state index in [1.54, 1.807) is 6.08 Å². The van der Waals surface area contributed by atoms with E-state index in [4.69, 9.17) is 0 Å². The largest absolute Gasteiger partial charge is 0.352 e. The lowest BCUT2D eigenvalue weighted by Gasteiger charge is -2.34. The summed E-state index contributed by atoms with van der Waals surface area (Å²) in [5, 5.41) is 11.9. The second-order valence-electron chi connectivity index (χ2n) is 7.32. The van der Waals surface area contributed by atoms with Crippen LogP contribution in [0, 0.1) is 6.92 Å². The fourth-order valence-corrected chi connectivity index (χ4v) is 3.34. The summed E-state index contributed by atoms with van der Waals surface area (Å²) in [5.41, 5.74) is 3.23. The first kappa shape index (κ1) is 19.6. The van der Waals surface area contributed by atoms with Crippen LogP contribution in [0.2, 0.25) is 0 Å². The average molecular weight is 399 g/mol. The molecular formula is C24H25N5O. The maximum Gasteiger partial charge on any atom is 0.246 e. The number of amides is 1. The quantitative estimate of drug-likeness (QED) is 0.660. The number of carbonyl (C=O) groups is 1. The van der Waals surface area contributed by atoms with Crippen LogP contribution >= 0.6 is 0 Å². The summed E-state index contributed by atoms with van der Waals surface area (Å²) in [6, 6.07) is 21.9. The van der Waals surface area contributed by atoms with Crippen molar-refractivity contribution in [3.05, 3.63) is 83.9 Å². The molecule has 0 spiro atoms. The molecule has 1 fully saturated rings. The van der Waals surface area contributed by atoms with Crippen LogP contribution in [0.5, 0.6) is 0 Å². The van der Waals surface area contributed by atoms with Crippen LogP contribution in [0.25, 0.3) is 6.08 Å². The zero-order chi connectivity index (χ0) is 20.8. The van der Waals surface area contributed by atoms with E-state index in [2.05, 4.69) is 39.5 Å². The highest BCUT2D eigenvalue weighted by Crippen LogP contribution is 2.18. The zero-order valence-electron chi connectivity index (χ0n) is 17.0. The molecule has 0 aliphatic carbocycles. The highest BCUT2D eigenvalue weighted by molar-refractivity contribution is 5.91. The number of hydrogen-bond donors (Lipinski definition) is 1. The molecule has 1 amide bonds. The first-order valence-corrected chi connectivity index (χ1v) is 10.1. The fraction of sp³-hybridized carbons (Fsp3) is 0.208. The van der Waals surface area contributed by atoms with Crippen LogP contribution in [0.1, 0.15) is 11.1 Å². The Bertz CT molecular complexity index is 992. The molecular weight excluding hydrogens is 374 g/mol. The lowest BCUT2D eigenvalue weighted by atomic mass is 10.2. The Morgan fingerprint density at radius 2 is 1.63 bits per heavy atom. The van der Waals surface area contributed by atoms with Crippen LogP contribution in [0.15, 0.2) is 72.8 Å². The molecule has 2 heterocycles. The molecule has 6 heteroatoms. The Kier molecular flexibility index (Phi) is 6.03. The lowest BCUT2D eigenvalue weighted by molar-refractivity contribution is -0.126. The maximum atomic E-state index is 12.4. The van der Waals surface area contributed by atoms with E-state index in [-0.39, 0.29) is 5.91 Å². The van der Waals surface area contributed by atoms with Crippen molar-refractivity contribution in [2.24, 2.45) is 0 Å². The van der Waals surface area contributed by atoms with Crippen LogP contribution < -0.4 is 10.2 Å². The van der Waals surface area contributed by atoms with Gasteiger partial charge in [0, 0.05) is 37.9 Å². The topological polar surface area (TPSA) is 61.4 Å². The number of nitrogens with zero attached hydrogens (tertiary/aromatic N) is 4. The van der Waals surface area contributed by atoms with Crippen LogP contribution in [0.3, 0.4) is 0 Å². The van der Waals surface area contributed by atoms with Crippen molar-refractivity contribution in [3.8, 4) is 0 Å². The van der Waals surface area contributed by atoms with Crippen LogP contribution in [-0.4, -0.2) is 47.2 Å². The van der Waals surface area contributed by atoms with Crippen LogP contribution in [0.4, 0.5) is 17.3 Å². The molecule has 4 rings (SSSR count). The third-order valence-electron chi connectivity index (χ3n) is 5.11. The van der Waals surface area contributed by atoms with Gasteiger partial charge in [-0.15, -0.1) is 10.2 Å². The molecule has 2 aromatic carbocycles. The number of hydrogen-bond acceptors (Lipinski definition) is 5. The average Bonchev–Trinajstić information content (AvgIpc) is 2.80. The van der Waals surface area contributed by atoms with E-state index in [1.165, 1.54) is 5.56 Å². The molecule has 1 N–H and O–H groups in total. The third-order valence-corrected chi connectivity index (χ3v) is 5.11. The summed E-state index contributed by atoms with van der Waals surface area (Å²) in [4.78, 5) is 16.5. The number of nitrogens with one attached hydrogen (secondary N) is 1. The Morgan fingerprint density at radius 1 is 0.900 bits per heavy atom. The second kappa shape index (κ2) is 9.22. The fourth-order valence-electron chi connectivity index (χ4n) is 3.34. The van der Waals surface area contributed by atoms with Crippen molar-refractivity contribution in [1.82, 2.24) is 15.1 Å². The molecule has 0 radical (unpaired) electrons. The van der Waals surface area contributed by atoms with E-state index in [9.17, 15) is 4.79 Å². The molecule has 1 aromatic heterocycles. The van der Waals surface area contributed by atoms with E-state index in [1.807, 2.05) is 65.6 Å². The predicted octanol–water partition coefficient (Wildman–Crippen LogP) is 3.89. The van der Waals surface area contributed by atoms with Gasteiger partial charge in [-0.2, -0.15) is 0 Å². The van der Waals surface area contributed by atoms with Gasteiger partial charge in [0.15, 0.2) is 11.6 Å². The van der Waals surface area contributed by atoms with Crippen molar-refractivity contribution < 1.29 is 4.79 Å². The summed E-state index contributed by atoms with van der Waals surface area (Å²) in [6.45, 7) is 4.88. The first-order valence-electron chi connectivity index (χ1n) is 10.1. The molecule has 6 nitrogen and oxygen atoms in total. The van der Waals surface area contributed by atoms with E-state index >= 15 is 0 Å². The van der Waals surface area contributed by atoms with Gasteiger partial charge in [0.1, 0.15) is 0 Å². The standard InChI is InChI=1S/C24H25N5O/c1-19-7-10-21(11-8-19)25-22-12-13-23(27-26-22)28-15-17-29(18-16-28)24(30)14-9-20-5-3-2-4-6-20/h2-14H,15-18H2,1H3,(H,25,26)/b14-9+. The van der Waals surface area contributed by atoms with Gasteiger partial charge in [-0.1, -0.05) is 48.0 Å². The van der Waals surface area contributed by atoms with Gasteiger partial charge in [0.05, 0.1) is 0 Å². The zero-order valence-corrected chi connectivity index (χ0v) is 17.0. The number of anilines is 3. The summed E-state index contributed by atoms with van der Waals surface area (Å²) < 4.78 is 0. The third kappa shape index (κ3) is 5.03. The summed E-state index contributed by atoms with van der Waals surface area (Å²) in [7, 11) is 0. The monoisotopic (exact) mass is 399 g/mol. The van der Waals surface area contributed by atoms with Gasteiger partial charge >= 0.3 is 0 Å². The van der Waals surface area contributed by atoms with Gasteiger partial charge in [-0.25, -0.2) is 0 Å². The van der Waals surface area contributed by atoms with Gasteiger partial charge < -0.3 is 15.1 Å². The summed E-state index contributed by atoms with van der Waals surface area (Å²) in [5.74, 6) is 1.58. The normalized spacial score (nSPS) is 14.2. The van der Waals surface area contributed by atoms with Crippen molar-refractivity contribution >= 4 is 29.3 Å². The van der Waals surface area contributed by atoms with Crippen LogP contribution in [-0.2, 0) is 4.79 Å². The van der Waals surface area contributed by atoms with E-state index in [0.29, 0.717) is 18.9 Å². The minimum atomic E-state index is 0.0437.